The first kappa shape index (κ1) is 15.7. The van der Waals surface area contributed by atoms with Gasteiger partial charge in [-0.25, -0.2) is 0 Å². The van der Waals surface area contributed by atoms with Crippen molar-refractivity contribution < 1.29 is 22.6 Å². The summed E-state index contributed by atoms with van der Waals surface area (Å²) in [5.41, 5.74) is 1.06. The molecule has 1 aliphatic carbocycles. The van der Waals surface area contributed by atoms with E-state index in [2.05, 4.69) is 17.1 Å². The molecule has 0 radical (unpaired) electrons. The monoisotopic (exact) mass is 317 g/mol. The number of rotatable bonds is 1. The molecule has 1 aliphatic rings. The number of benzene rings is 1. The maximum absolute atomic E-state index is 10.7. The molecule has 0 saturated carbocycles. The molecule has 6 nitrogen and oxygen atoms in total. The van der Waals surface area contributed by atoms with E-state index in [0.29, 0.717) is 6.08 Å². The highest BCUT2D eigenvalue weighted by molar-refractivity contribution is 7.91. The van der Waals surface area contributed by atoms with Crippen LogP contribution in [-0.4, -0.2) is 29.5 Å². The Kier molecular flexibility index (Phi) is 4.59. The molecule has 22 heavy (non-hydrogen) atoms. The quantitative estimate of drug-likeness (QED) is 0.634. The van der Waals surface area contributed by atoms with Gasteiger partial charge >= 0.3 is 0 Å². The predicted octanol–water partition coefficient (Wildman–Crippen LogP) is 1.70. The summed E-state index contributed by atoms with van der Waals surface area (Å²) in [4.78, 5) is 24.6. The second-order valence-electron chi connectivity index (χ2n) is 4.28. The summed E-state index contributed by atoms with van der Waals surface area (Å²) in [5, 5.41) is 1.20. The fourth-order valence-electron chi connectivity index (χ4n) is 1.71. The van der Waals surface area contributed by atoms with Crippen LogP contribution >= 0.6 is 0 Å². The van der Waals surface area contributed by atoms with E-state index in [1.54, 1.807) is 0 Å². The van der Waals surface area contributed by atoms with Gasteiger partial charge in [-0.3, -0.25) is 19.1 Å². The Morgan fingerprint density at radius 2 is 1.64 bits per heavy atom. The molecule has 0 aliphatic heterocycles. The first-order valence-electron chi connectivity index (χ1n) is 6.13. The van der Waals surface area contributed by atoms with Crippen LogP contribution < -0.4 is 0 Å². The Hall–Kier alpha value is -2.64. The number of aromatic nitrogens is 1. The maximum atomic E-state index is 10.7. The van der Waals surface area contributed by atoms with Crippen LogP contribution in [-0.2, 0) is 19.7 Å². The number of hydrogen-bond donors (Lipinski definition) is 1. The molecule has 112 valence electrons. The fourth-order valence-corrected chi connectivity index (χ4v) is 2.29. The Morgan fingerprint density at radius 3 is 2.27 bits per heavy atom. The van der Waals surface area contributed by atoms with Gasteiger partial charge in [0.2, 0.25) is 0 Å². The fraction of sp³-hybridized carbons (Fsp3) is 0. The number of carbonyl (C=O) groups excluding carboxylic acids is 2. The zero-order valence-corrected chi connectivity index (χ0v) is 12.0. The SMILES string of the molecule is O=C1C=CC(=O)C(S(=O)(=O)O)=C1.c1ccc2ncccc2c1. The molecule has 0 atom stereocenters. The van der Waals surface area contributed by atoms with Crippen molar-refractivity contribution in [2.45, 2.75) is 0 Å². The third-order valence-corrected chi connectivity index (χ3v) is 3.58. The van der Waals surface area contributed by atoms with Gasteiger partial charge in [0, 0.05) is 17.7 Å². The summed E-state index contributed by atoms with van der Waals surface area (Å²) in [6, 6.07) is 12.1. The van der Waals surface area contributed by atoms with Gasteiger partial charge in [0.25, 0.3) is 10.1 Å². The predicted molar refractivity (Wildman–Crippen MR) is 80.5 cm³/mol. The third kappa shape index (κ3) is 3.94. The zero-order chi connectivity index (χ0) is 16.2. The molecule has 0 amide bonds. The molecule has 0 saturated heterocycles. The molecule has 0 spiro atoms. The Bertz CT molecular complexity index is 832. The van der Waals surface area contributed by atoms with Crippen LogP contribution in [0, 0.1) is 0 Å². The van der Waals surface area contributed by atoms with E-state index in [1.165, 1.54) is 5.39 Å². The van der Waals surface area contributed by atoms with Crippen molar-refractivity contribution in [3.05, 3.63) is 65.7 Å². The summed E-state index contributed by atoms with van der Waals surface area (Å²) < 4.78 is 29.3. The van der Waals surface area contributed by atoms with Crippen molar-refractivity contribution >= 4 is 32.6 Å². The molecule has 0 bridgehead atoms. The van der Waals surface area contributed by atoms with Gasteiger partial charge in [0.05, 0.1) is 5.52 Å². The topological polar surface area (TPSA) is 101 Å². The number of carbonyl (C=O) groups is 2. The first-order valence-corrected chi connectivity index (χ1v) is 7.57. The second kappa shape index (κ2) is 6.42. The van der Waals surface area contributed by atoms with Gasteiger partial charge in [-0.2, -0.15) is 8.42 Å². The van der Waals surface area contributed by atoms with Gasteiger partial charge in [-0.05, 0) is 24.3 Å². The van der Waals surface area contributed by atoms with Crippen LogP contribution in [0.4, 0.5) is 0 Å². The molecule has 2 aromatic rings. The van der Waals surface area contributed by atoms with Crippen molar-refractivity contribution in [2.24, 2.45) is 0 Å². The average Bonchev–Trinajstić information content (AvgIpc) is 2.49. The minimum atomic E-state index is -4.57. The van der Waals surface area contributed by atoms with Crippen LogP contribution in [0.5, 0.6) is 0 Å². The highest BCUT2D eigenvalue weighted by Gasteiger charge is 2.23. The maximum Gasteiger partial charge on any atom is 0.298 e. The van der Waals surface area contributed by atoms with Crippen molar-refractivity contribution in [3.63, 3.8) is 0 Å². The third-order valence-electron chi connectivity index (χ3n) is 2.71. The van der Waals surface area contributed by atoms with Crippen LogP contribution in [0.25, 0.3) is 10.9 Å². The van der Waals surface area contributed by atoms with Gasteiger partial charge in [-0.1, -0.05) is 24.3 Å². The van der Waals surface area contributed by atoms with Gasteiger partial charge in [-0.15, -0.1) is 0 Å². The zero-order valence-electron chi connectivity index (χ0n) is 11.2. The molecule has 7 heteroatoms. The summed E-state index contributed by atoms with van der Waals surface area (Å²) in [7, 11) is -4.57. The molecule has 3 rings (SSSR count). The number of para-hydroxylation sites is 1. The van der Waals surface area contributed by atoms with E-state index in [9.17, 15) is 18.0 Å². The van der Waals surface area contributed by atoms with Crippen molar-refractivity contribution in [1.82, 2.24) is 4.98 Å². The number of ketones is 2. The van der Waals surface area contributed by atoms with Gasteiger partial charge < -0.3 is 0 Å². The van der Waals surface area contributed by atoms with E-state index in [0.717, 1.165) is 17.7 Å². The van der Waals surface area contributed by atoms with E-state index in [-0.39, 0.29) is 0 Å². The first-order chi connectivity index (χ1) is 10.4. The summed E-state index contributed by atoms with van der Waals surface area (Å²) in [5.74, 6) is -1.53. The average molecular weight is 317 g/mol. The molecule has 1 heterocycles. The molecule has 0 fully saturated rings. The molecule has 1 N–H and O–H groups in total. The summed E-state index contributed by atoms with van der Waals surface area (Å²) in [6.07, 6.45) is 4.11. The number of fused-ring (bicyclic) bond motifs is 1. The van der Waals surface area contributed by atoms with Crippen molar-refractivity contribution in [1.29, 1.82) is 0 Å². The van der Waals surface area contributed by atoms with Crippen molar-refractivity contribution in [2.75, 3.05) is 0 Å². The van der Waals surface area contributed by atoms with Crippen LogP contribution in [0.15, 0.2) is 65.7 Å². The number of pyridine rings is 1. The van der Waals surface area contributed by atoms with Crippen LogP contribution in [0.2, 0.25) is 0 Å². The summed E-state index contributed by atoms with van der Waals surface area (Å²) >= 11 is 0. The summed E-state index contributed by atoms with van der Waals surface area (Å²) in [6.45, 7) is 0. The normalized spacial score (nSPS) is 14.3. The van der Waals surface area contributed by atoms with Crippen LogP contribution in [0.3, 0.4) is 0 Å². The smallest absolute Gasteiger partial charge is 0.290 e. The van der Waals surface area contributed by atoms with E-state index in [1.807, 2.05) is 30.5 Å². The van der Waals surface area contributed by atoms with Crippen LogP contribution in [0.1, 0.15) is 0 Å². The Morgan fingerprint density at radius 1 is 0.955 bits per heavy atom. The highest BCUT2D eigenvalue weighted by Crippen LogP contribution is 2.10. The standard InChI is InChI=1S/C9H7N.C6H4O5S/c1-2-6-9-8(4-1)5-3-7-10-9;7-4-1-2-5(8)6(3-4)12(9,10)11/h1-7H;1-3H,(H,9,10,11). The lowest BCUT2D eigenvalue weighted by Crippen LogP contribution is -2.15. The molecular formula is C15H11NO5S. The Balaban J connectivity index is 0.000000162. The van der Waals surface area contributed by atoms with E-state index >= 15 is 0 Å². The highest BCUT2D eigenvalue weighted by atomic mass is 32.2. The number of hydrogen-bond acceptors (Lipinski definition) is 5. The minimum Gasteiger partial charge on any atom is -0.290 e. The largest absolute Gasteiger partial charge is 0.298 e. The lowest BCUT2D eigenvalue weighted by molar-refractivity contribution is -0.114. The van der Waals surface area contributed by atoms with Gasteiger partial charge in [0.1, 0.15) is 4.91 Å². The molecule has 0 unspecified atom stereocenters. The molecule has 1 aromatic carbocycles. The Labute approximate surface area is 126 Å². The second-order valence-corrected chi connectivity index (χ2v) is 5.67. The van der Waals surface area contributed by atoms with Crippen molar-refractivity contribution in [3.8, 4) is 0 Å². The number of allylic oxidation sites excluding steroid dienone is 4. The van der Waals surface area contributed by atoms with E-state index < -0.39 is 26.6 Å². The molecule has 1 aromatic heterocycles. The molecular weight excluding hydrogens is 306 g/mol. The van der Waals surface area contributed by atoms with Gasteiger partial charge in [0.15, 0.2) is 11.6 Å². The lowest BCUT2D eigenvalue weighted by Gasteiger charge is -2.01. The minimum absolute atomic E-state index is 0.581. The lowest BCUT2D eigenvalue weighted by atomic mass is 10.2. The number of nitrogens with zero attached hydrogens (tertiary/aromatic N) is 1. The van der Waals surface area contributed by atoms with E-state index in [4.69, 9.17) is 4.55 Å².